The summed E-state index contributed by atoms with van der Waals surface area (Å²) in [6.07, 6.45) is 2.76. The van der Waals surface area contributed by atoms with Crippen molar-refractivity contribution in [1.82, 2.24) is 10.6 Å². The van der Waals surface area contributed by atoms with Crippen LogP contribution < -0.4 is 10.6 Å². The minimum atomic E-state index is -1.62. The van der Waals surface area contributed by atoms with E-state index in [2.05, 4.69) is 10.6 Å². The average Bonchev–Trinajstić information content (AvgIpc) is 2.64. The molecule has 19 heavy (non-hydrogen) atoms. The fourth-order valence-corrected chi connectivity index (χ4v) is 2.11. The van der Waals surface area contributed by atoms with Gasteiger partial charge in [-0.3, -0.25) is 4.79 Å². The van der Waals surface area contributed by atoms with Gasteiger partial charge in [-0.1, -0.05) is 6.42 Å². The molecule has 1 heterocycles. The molecule has 0 aromatic heterocycles. The molecule has 3 nitrogen and oxygen atoms in total. The highest BCUT2D eigenvalue weighted by atomic mass is 19.2. The van der Waals surface area contributed by atoms with Gasteiger partial charge in [0.2, 0.25) is 0 Å². The van der Waals surface area contributed by atoms with E-state index in [1.807, 2.05) is 0 Å². The number of rotatable bonds is 2. The van der Waals surface area contributed by atoms with Crippen LogP contribution in [0.4, 0.5) is 13.2 Å². The molecule has 1 aromatic rings. The Hall–Kier alpha value is -1.56. The van der Waals surface area contributed by atoms with Crippen molar-refractivity contribution in [3.8, 4) is 0 Å². The molecule has 2 rings (SSSR count). The number of carbonyl (C=O) groups excluding carboxylic acids is 1. The Labute approximate surface area is 109 Å². The monoisotopic (exact) mass is 272 g/mol. The molecular weight excluding hydrogens is 257 g/mol. The van der Waals surface area contributed by atoms with Crippen LogP contribution in [0, 0.1) is 17.5 Å². The molecule has 1 aromatic carbocycles. The molecule has 0 bridgehead atoms. The molecule has 1 aliphatic rings. The smallest absolute Gasteiger partial charge is 0.254 e. The Kier molecular flexibility index (Phi) is 4.42. The highest BCUT2D eigenvalue weighted by Gasteiger charge is 2.21. The van der Waals surface area contributed by atoms with Gasteiger partial charge in [-0.25, -0.2) is 13.2 Å². The molecule has 1 fully saturated rings. The van der Waals surface area contributed by atoms with E-state index >= 15 is 0 Å². The molecule has 6 heteroatoms. The summed E-state index contributed by atoms with van der Waals surface area (Å²) >= 11 is 0. The van der Waals surface area contributed by atoms with Gasteiger partial charge in [0, 0.05) is 12.6 Å². The molecule has 104 valence electrons. The Bertz CT molecular complexity index is 471. The Morgan fingerprint density at radius 3 is 2.79 bits per heavy atom. The quantitative estimate of drug-likeness (QED) is 0.808. The van der Waals surface area contributed by atoms with E-state index in [1.165, 1.54) is 0 Å². The van der Waals surface area contributed by atoms with Crippen LogP contribution in [0.1, 0.15) is 29.6 Å². The minimum absolute atomic E-state index is 0.123. The molecule has 1 saturated heterocycles. The second-order valence-electron chi connectivity index (χ2n) is 4.59. The summed E-state index contributed by atoms with van der Waals surface area (Å²) in [5.41, 5.74) is -0.469. The second-order valence-corrected chi connectivity index (χ2v) is 4.59. The molecule has 1 amide bonds. The first-order valence-corrected chi connectivity index (χ1v) is 6.24. The Morgan fingerprint density at radius 1 is 1.21 bits per heavy atom. The summed E-state index contributed by atoms with van der Waals surface area (Å²) in [6, 6.07) is 1.58. The standard InChI is InChI=1S/C13H15F3N2O/c14-10-5-4-9(11(15)12(10)16)13(19)18-8-3-1-2-6-17-7-8/h4-5,8,17H,1-3,6-7H2,(H,18,19). The zero-order chi connectivity index (χ0) is 13.8. The summed E-state index contributed by atoms with van der Waals surface area (Å²) in [4.78, 5) is 11.8. The lowest BCUT2D eigenvalue weighted by molar-refractivity contribution is 0.0930. The van der Waals surface area contributed by atoms with Gasteiger partial charge in [0.1, 0.15) is 0 Å². The van der Waals surface area contributed by atoms with Crippen molar-refractivity contribution in [3.05, 3.63) is 35.1 Å². The normalized spacial score (nSPS) is 19.8. The SMILES string of the molecule is O=C(NC1CCCCNC1)c1ccc(F)c(F)c1F. The zero-order valence-electron chi connectivity index (χ0n) is 10.3. The first kappa shape index (κ1) is 13.9. The number of hydrogen-bond acceptors (Lipinski definition) is 2. The van der Waals surface area contributed by atoms with Gasteiger partial charge in [-0.15, -0.1) is 0 Å². The molecule has 1 aliphatic heterocycles. The van der Waals surface area contributed by atoms with Crippen LogP contribution in [-0.4, -0.2) is 25.0 Å². The largest absolute Gasteiger partial charge is 0.348 e. The van der Waals surface area contributed by atoms with Gasteiger partial charge in [0.05, 0.1) is 5.56 Å². The van der Waals surface area contributed by atoms with Crippen LogP contribution in [-0.2, 0) is 0 Å². The lowest BCUT2D eigenvalue weighted by Gasteiger charge is -2.16. The van der Waals surface area contributed by atoms with Crippen LogP contribution in [0.25, 0.3) is 0 Å². The average molecular weight is 272 g/mol. The van der Waals surface area contributed by atoms with Crippen molar-refractivity contribution in [2.45, 2.75) is 25.3 Å². The van der Waals surface area contributed by atoms with E-state index in [4.69, 9.17) is 0 Å². The number of amides is 1. The van der Waals surface area contributed by atoms with Gasteiger partial charge in [0.25, 0.3) is 5.91 Å². The van der Waals surface area contributed by atoms with E-state index < -0.39 is 28.9 Å². The number of hydrogen-bond donors (Lipinski definition) is 2. The third kappa shape index (κ3) is 3.26. The summed E-state index contributed by atoms with van der Waals surface area (Å²) in [5.74, 6) is -5.08. The predicted octanol–water partition coefficient (Wildman–Crippen LogP) is 1.98. The lowest BCUT2D eigenvalue weighted by Crippen LogP contribution is -2.41. The maximum absolute atomic E-state index is 13.5. The summed E-state index contributed by atoms with van der Waals surface area (Å²) in [6.45, 7) is 1.48. The van der Waals surface area contributed by atoms with E-state index in [0.717, 1.165) is 37.9 Å². The molecule has 0 spiro atoms. The van der Waals surface area contributed by atoms with E-state index in [-0.39, 0.29) is 6.04 Å². The van der Waals surface area contributed by atoms with E-state index in [9.17, 15) is 18.0 Å². The number of nitrogens with one attached hydrogen (secondary N) is 2. The maximum atomic E-state index is 13.5. The van der Waals surface area contributed by atoms with Gasteiger partial charge >= 0.3 is 0 Å². The van der Waals surface area contributed by atoms with Crippen molar-refractivity contribution in [2.24, 2.45) is 0 Å². The topological polar surface area (TPSA) is 41.1 Å². The first-order chi connectivity index (χ1) is 9.09. The molecule has 2 N–H and O–H groups in total. The number of halogens is 3. The van der Waals surface area contributed by atoms with Crippen molar-refractivity contribution in [1.29, 1.82) is 0 Å². The lowest BCUT2D eigenvalue weighted by atomic mass is 10.1. The van der Waals surface area contributed by atoms with Crippen LogP contribution >= 0.6 is 0 Å². The van der Waals surface area contributed by atoms with Gasteiger partial charge in [0.15, 0.2) is 17.5 Å². The first-order valence-electron chi connectivity index (χ1n) is 6.24. The van der Waals surface area contributed by atoms with Gasteiger partial charge < -0.3 is 10.6 Å². The highest BCUT2D eigenvalue weighted by Crippen LogP contribution is 2.15. The van der Waals surface area contributed by atoms with Gasteiger partial charge in [-0.05, 0) is 31.5 Å². The van der Waals surface area contributed by atoms with Crippen LogP contribution in [0.5, 0.6) is 0 Å². The van der Waals surface area contributed by atoms with Crippen LogP contribution in [0.2, 0.25) is 0 Å². The van der Waals surface area contributed by atoms with Crippen molar-refractivity contribution in [2.75, 3.05) is 13.1 Å². The summed E-state index contributed by atoms with van der Waals surface area (Å²) in [5, 5.41) is 5.78. The highest BCUT2D eigenvalue weighted by molar-refractivity contribution is 5.94. The molecular formula is C13H15F3N2O. The fourth-order valence-electron chi connectivity index (χ4n) is 2.11. The van der Waals surface area contributed by atoms with E-state index in [1.54, 1.807) is 0 Å². The van der Waals surface area contributed by atoms with Crippen LogP contribution in [0.15, 0.2) is 12.1 Å². The Morgan fingerprint density at radius 2 is 2.00 bits per heavy atom. The minimum Gasteiger partial charge on any atom is -0.348 e. The molecule has 1 atom stereocenters. The zero-order valence-corrected chi connectivity index (χ0v) is 10.3. The third-order valence-corrected chi connectivity index (χ3v) is 3.16. The molecule has 0 aliphatic carbocycles. The third-order valence-electron chi connectivity index (χ3n) is 3.16. The van der Waals surface area contributed by atoms with Crippen molar-refractivity contribution >= 4 is 5.91 Å². The van der Waals surface area contributed by atoms with Crippen LogP contribution in [0.3, 0.4) is 0 Å². The van der Waals surface area contributed by atoms with Crippen molar-refractivity contribution < 1.29 is 18.0 Å². The summed E-state index contributed by atoms with van der Waals surface area (Å²) in [7, 11) is 0. The van der Waals surface area contributed by atoms with Gasteiger partial charge in [-0.2, -0.15) is 0 Å². The number of carbonyl (C=O) groups is 1. The second kappa shape index (κ2) is 6.06. The van der Waals surface area contributed by atoms with Crippen molar-refractivity contribution in [3.63, 3.8) is 0 Å². The van der Waals surface area contributed by atoms with E-state index in [0.29, 0.717) is 6.54 Å². The number of benzene rings is 1. The molecule has 0 radical (unpaired) electrons. The molecule has 1 unspecified atom stereocenters. The molecule has 0 saturated carbocycles. The fraction of sp³-hybridized carbons (Fsp3) is 0.462. The maximum Gasteiger partial charge on any atom is 0.254 e. The predicted molar refractivity (Wildman–Crippen MR) is 64.3 cm³/mol. The Balaban J connectivity index is 2.09. The summed E-state index contributed by atoms with van der Waals surface area (Å²) < 4.78 is 39.3.